The average Bonchev–Trinajstić information content (AvgIpc) is 2.68. The second kappa shape index (κ2) is 8.31. The molecule has 2 amide bonds. The SMILES string of the molecule is CC(C)N1C(=O)CO[C@H](C(=O)N(C)Cc2ccccn2)[C@H]1c1ccccc1. The van der Waals surface area contributed by atoms with Crippen molar-refractivity contribution in [3.63, 3.8) is 0 Å². The Labute approximate surface area is 159 Å². The quantitative estimate of drug-likeness (QED) is 0.814. The summed E-state index contributed by atoms with van der Waals surface area (Å²) in [4.78, 5) is 33.4. The van der Waals surface area contributed by atoms with Crippen LogP contribution in [0.5, 0.6) is 0 Å². The zero-order valence-corrected chi connectivity index (χ0v) is 15.9. The molecule has 3 rings (SSSR count). The largest absolute Gasteiger partial charge is 0.356 e. The smallest absolute Gasteiger partial charge is 0.254 e. The van der Waals surface area contributed by atoms with Crippen molar-refractivity contribution in [2.45, 2.75) is 38.6 Å². The van der Waals surface area contributed by atoms with E-state index in [1.54, 1.807) is 23.0 Å². The number of nitrogens with zero attached hydrogens (tertiary/aromatic N) is 3. The second-order valence-corrected chi connectivity index (χ2v) is 7.00. The number of rotatable bonds is 5. The highest BCUT2D eigenvalue weighted by atomic mass is 16.5. The van der Waals surface area contributed by atoms with E-state index < -0.39 is 12.1 Å². The van der Waals surface area contributed by atoms with Gasteiger partial charge in [-0.1, -0.05) is 36.4 Å². The number of pyridine rings is 1. The molecule has 142 valence electrons. The van der Waals surface area contributed by atoms with Crippen LogP contribution in [-0.4, -0.2) is 52.4 Å². The minimum Gasteiger partial charge on any atom is -0.356 e. The van der Waals surface area contributed by atoms with Crippen molar-refractivity contribution in [3.8, 4) is 0 Å². The van der Waals surface area contributed by atoms with Gasteiger partial charge in [-0.3, -0.25) is 14.6 Å². The Kier molecular flexibility index (Phi) is 5.86. The fraction of sp³-hybridized carbons (Fsp3) is 0.381. The summed E-state index contributed by atoms with van der Waals surface area (Å²) in [7, 11) is 1.73. The van der Waals surface area contributed by atoms with Crippen molar-refractivity contribution in [2.75, 3.05) is 13.7 Å². The molecule has 6 heteroatoms. The molecule has 0 saturated carbocycles. The van der Waals surface area contributed by atoms with E-state index >= 15 is 0 Å². The summed E-state index contributed by atoms with van der Waals surface area (Å²) < 4.78 is 5.76. The van der Waals surface area contributed by atoms with E-state index in [4.69, 9.17) is 4.74 Å². The lowest BCUT2D eigenvalue weighted by Crippen LogP contribution is -2.56. The van der Waals surface area contributed by atoms with Gasteiger partial charge in [-0.2, -0.15) is 0 Å². The molecule has 0 unspecified atom stereocenters. The molecule has 1 saturated heterocycles. The fourth-order valence-electron chi connectivity index (χ4n) is 3.46. The molecule has 0 N–H and O–H groups in total. The first kappa shape index (κ1) is 19.0. The molecule has 1 aromatic carbocycles. The number of carbonyl (C=O) groups excluding carboxylic acids is 2. The van der Waals surface area contributed by atoms with Gasteiger partial charge in [-0.25, -0.2) is 0 Å². The molecule has 1 aromatic heterocycles. The zero-order chi connectivity index (χ0) is 19.4. The zero-order valence-electron chi connectivity index (χ0n) is 15.9. The van der Waals surface area contributed by atoms with Crippen molar-refractivity contribution < 1.29 is 14.3 Å². The molecule has 27 heavy (non-hydrogen) atoms. The van der Waals surface area contributed by atoms with E-state index in [2.05, 4.69) is 4.98 Å². The van der Waals surface area contributed by atoms with Crippen molar-refractivity contribution in [1.29, 1.82) is 0 Å². The van der Waals surface area contributed by atoms with Crippen LogP contribution < -0.4 is 0 Å². The predicted octanol–water partition coefficient (Wildman–Crippen LogP) is 2.42. The summed E-state index contributed by atoms with van der Waals surface area (Å²) in [5.41, 5.74) is 1.70. The molecular formula is C21H25N3O3. The summed E-state index contributed by atoms with van der Waals surface area (Å²) in [6.07, 6.45) is 0.956. The lowest BCUT2D eigenvalue weighted by Gasteiger charge is -2.43. The van der Waals surface area contributed by atoms with Gasteiger partial charge in [0.25, 0.3) is 5.91 Å². The minimum absolute atomic E-state index is 0.0389. The van der Waals surface area contributed by atoms with Crippen molar-refractivity contribution in [2.24, 2.45) is 0 Å². The van der Waals surface area contributed by atoms with E-state index in [0.717, 1.165) is 11.3 Å². The predicted molar refractivity (Wildman–Crippen MR) is 102 cm³/mol. The summed E-state index contributed by atoms with van der Waals surface area (Å²) in [6.45, 7) is 4.21. The molecule has 1 fully saturated rings. The Morgan fingerprint density at radius 2 is 1.93 bits per heavy atom. The van der Waals surface area contributed by atoms with E-state index in [1.807, 2.05) is 62.4 Å². The number of amides is 2. The van der Waals surface area contributed by atoms with Crippen LogP contribution in [0.1, 0.15) is 31.1 Å². The van der Waals surface area contributed by atoms with E-state index in [-0.39, 0.29) is 24.5 Å². The maximum Gasteiger partial charge on any atom is 0.254 e. The van der Waals surface area contributed by atoms with Crippen LogP contribution >= 0.6 is 0 Å². The first-order chi connectivity index (χ1) is 13.0. The number of likely N-dealkylation sites (N-methyl/N-ethyl adjacent to an activating group) is 1. The molecule has 6 nitrogen and oxygen atoms in total. The Hall–Kier alpha value is -2.73. The van der Waals surface area contributed by atoms with Crippen LogP contribution in [0.25, 0.3) is 0 Å². The van der Waals surface area contributed by atoms with Gasteiger partial charge in [0.2, 0.25) is 5.91 Å². The minimum atomic E-state index is -0.749. The first-order valence-corrected chi connectivity index (χ1v) is 9.11. The maximum atomic E-state index is 13.2. The molecule has 0 radical (unpaired) electrons. The van der Waals surface area contributed by atoms with Crippen LogP contribution in [0.3, 0.4) is 0 Å². The third-order valence-electron chi connectivity index (χ3n) is 4.70. The van der Waals surface area contributed by atoms with Gasteiger partial charge < -0.3 is 14.5 Å². The first-order valence-electron chi connectivity index (χ1n) is 9.11. The number of ether oxygens (including phenoxy) is 1. The van der Waals surface area contributed by atoms with Gasteiger partial charge >= 0.3 is 0 Å². The number of hydrogen-bond acceptors (Lipinski definition) is 4. The lowest BCUT2D eigenvalue weighted by atomic mass is 9.95. The summed E-state index contributed by atoms with van der Waals surface area (Å²) >= 11 is 0. The monoisotopic (exact) mass is 367 g/mol. The van der Waals surface area contributed by atoms with E-state index in [1.165, 1.54) is 0 Å². The molecule has 0 bridgehead atoms. The van der Waals surface area contributed by atoms with Gasteiger partial charge in [0.05, 0.1) is 18.3 Å². The van der Waals surface area contributed by atoms with Crippen molar-refractivity contribution in [3.05, 3.63) is 66.0 Å². The Morgan fingerprint density at radius 1 is 1.22 bits per heavy atom. The highest BCUT2D eigenvalue weighted by molar-refractivity contribution is 5.86. The van der Waals surface area contributed by atoms with Gasteiger partial charge in [0.1, 0.15) is 6.61 Å². The summed E-state index contributed by atoms with van der Waals surface area (Å²) in [5, 5.41) is 0. The molecule has 0 aliphatic carbocycles. The molecule has 1 aliphatic heterocycles. The van der Waals surface area contributed by atoms with Crippen molar-refractivity contribution >= 4 is 11.8 Å². The van der Waals surface area contributed by atoms with E-state index in [0.29, 0.717) is 6.54 Å². The number of morpholine rings is 1. The van der Waals surface area contributed by atoms with Crippen molar-refractivity contribution in [1.82, 2.24) is 14.8 Å². The van der Waals surface area contributed by atoms with Crippen LogP contribution in [0.4, 0.5) is 0 Å². The third-order valence-corrected chi connectivity index (χ3v) is 4.70. The van der Waals surface area contributed by atoms with Gasteiger partial charge in [-0.05, 0) is 31.5 Å². The number of carbonyl (C=O) groups is 2. The van der Waals surface area contributed by atoms with Gasteiger partial charge in [-0.15, -0.1) is 0 Å². The van der Waals surface area contributed by atoms with Gasteiger partial charge in [0.15, 0.2) is 6.10 Å². The highest BCUT2D eigenvalue weighted by Gasteiger charge is 2.43. The third kappa shape index (κ3) is 4.17. The molecule has 1 aliphatic rings. The molecule has 2 atom stereocenters. The maximum absolute atomic E-state index is 13.2. The standard InChI is InChI=1S/C21H25N3O3/c1-15(2)24-18(25)14-27-20(19(24)16-9-5-4-6-10-16)21(26)23(3)13-17-11-7-8-12-22-17/h4-12,15,19-20H,13-14H2,1-3H3/t19-,20+/m1/s1. The Morgan fingerprint density at radius 3 is 2.56 bits per heavy atom. The fourth-order valence-corrected chi connectivity index (χ4v) is 3.46. The molecule has 2 aromatic rings. The number of hydrogen-bond donors (Lipinski definition) is 0. The summed E-state index contributed by atoms with van der Waals surface area (Å²) in [5.74, 6) is -0.261. The molecule has 0 spiro atoms. The van der Waals surface area contributed by atoms with Crippen LogP contribution in [0, 0.1) is 0 Å². The van der Waals surface area contributed by atoms with Crippen LogP contribution in [0.15, 0.2) is 54.7 Å². The average molecular weight is 367 g/mol. The second-order valence-electron chi connectivity index (χ2n) is 7.00. The molecule has 2 heterocycles. The van der Waals surface area contributed by atoms with E-state index in [9.17, 15) is 9.59 Å². The Bertz CT molecular complexity index is 780. The Balaban J connectivity index is 1.89. The van der Waals surface area contributed by atoms with Crippen LogP contribution in [-0.2, 0) is 20.9 Å². The summed E-state index contributed by atoms with van der Waals surface area (Å²) in [6, 6.07) is 14.7. The number of benzene rings is 1. The van der Waals surface area contributed by atoms with Crippen LogP contribution in [0.2, 0.25) is 0 Å². The number of aromatic nitrogens is 1. The highest BCUT2D eigenvalue weighted by Crippen LogP contribution is 2.33. The topological polar surface area (TPSA) is 62.7 Å². The molecular weight excluding hydrogens is 342 g/mol. The van der Waals surface area contributed by atoms with Gasteiger partial charge in [0, 0.05) is 19.3 Å². The normalized spacial score (nSPS) is 20.0. The lowest BCUT2D eigenvalue weighted by molar-refractivity contribution is -0.171.